The van der Waals surface area contributed by atoms with Crippen molar-refractivity contribution in [2.24, 2.45) is 0 Å². The van der Waals surface area contributed by atoms with Crippen LogP contribution in [0.15, 0.2) is 42.7 Å². The molecule has 1 N–H and O–H groups in total. The van der Waals surface area contributed by atoms with Crippen molar-refractivity contribution < 1.29 is 4.79 Å². The molecule has 0 saturated carbocycles. The quantitative estimate of drug-likeness (QED) is 0.560. The topological polar surface area (TPSA) is 79.2 Å². The Morgan fingerprint density at radius 2 is 1.71 bits per heavy atom. The van der Waals surface area contributed by atoms with Gasteiger partial charge in [0.25, 0.3) is 5.91 Å². The molecule has 0 aliphatic carbocycles. The SMILES string of the molecule is Cc1ncc(-c2ccnc(Nc3ccc(C(=O)N4CCC(N5CCCC5)CC4)cc3)n2)n1C(C)C. The molecule has 5 rings (SSSR count). The second kappa shape index (κ2) is 10.2. The predicted molar refractivity (Wildman–Crippen MR) is 138 cm³/mol. The zero-order valence-electron chi connectivity index (χ0n) is 20.9. The minimum Gasteiger partial charge on any atom is -0.339 e. The molecule has 184 valence electrons. The molecule has 1 aromatic carbocycles. The van der Waals surface area contributed by atoms with E-state index in [0.717, 1.165) is 54.4 Å². The van der Waals surface area contributed by atoms with E-state index < -0.39 is 0 Å². The molecule has 2 saturated heterocycles. The number of hydrogen-bond acceptors (Lipinski definition) is 6. The molecule has 2 aliphatic rings. The molecule has 0 atom stereocenters. The van der Waals surface area contributed by atoms with Gasteiger partial charge in [0.05, 0.1) is 17.6 Å². The lowest BCUT2D eigenvalue weighted by Gasteiger charge is -2.36. The Morgan fingerprint density at radius 1 is 1.00 bits per heavy atom. The van der Waals surface area contributed by atoms with Gasteiger partial charge in [-0.15, -0.1) is 0 Å². The molecule has 8 nitrogen and oxygen atoms in total. The second-order valence-corrected chi connectivity index (χ2v) is 9.89. The number of benzene rings is 1. The molecule has 4 heterocycles. The summed E-state index contributed by atoms with van der Waals surface area (Å²) in [6.07, 6.45) is 8.40. The third-order valence-corrected chi connectivity index (χ3v) is 7.21. The molecular formula is C27H35N7O. The van der Waals surface area contributed by atoms with E-state index in [0.29, 0.717) is 12.0 Å². The van der Waals surface area contributed by atoms with E-state index >= 15 is 0 Å². The third kappa shape index (κ3) is 5.07. The summed E-state index contributed by atoms with van der Waals surface area (Å²) in [5, 5.41) is 3.27. The zero-order valence-corrected chi connectivity index (χ0v) is 20.9. The number of rotatable bonds is 6. The van der Waals surface area contributed by atoms with Crippen molar-refractivity contribution in [1.82, 2.24) is 29.3 Å². The number of anilines is 2. The van der Waals surface area contributed by atoms with Gasteiger partial charge in [-0.2, -0.15) is 0 Å². The van der Waals surface area contributed by atoms with Gasteiger partial charge in [0, 0.05) is 42.6 Å². The van der Waals surface area contributed by atoms with E-state index in [1.54, 1.807) is 6.20 Å². The van der Waals surface area contributed by atoms with Crippen LogP contribution in [-0.2, 0) is 0 Å². The highest BCUT2D eigenvalue weighted by Gasteiger charge is 2.28. The van der Waals surface area contributed by atoms with Crippen LogP contribution in [0.4, 0.5) is 11.6 Å². The Hall–Kier alpha value is -3.26. The van der Waals surface area contributed by atoms with Gasteiger partial charge in [0.2, 0.25) is 5.95 Å². The summed E-state index contributed by atoms with van der Waals surface area (Å²) >= 11 is 0. The van der Waals surface area contributed by atoms with Crippen LogP contribution in [0, 0.1) is 6.92 Å². The number of aryl methyl sites for hydroxylation is 1. The molecule has 0 spiro atoms. The first-order valence-electron chi connectivity index (χ1n) is 12.8. The van der Waals surface area contributed by atoms with Gasteiger partial charge < -0.3 is 19.7 Å². The van der Waals surface area contributed by atoms with Gasteiger partial charge in [-0.25, -0.2) is 15.0 Å². The van der Waals surface area contributed by atoms with E-state index in [1.165, 1.54) is 25.9 Å². The molecule has 2 fully saturated rings. The fraction of sp³-hybridized carbons (Fsp3) is 0.481. The molecule has 35 heavy (non-hydrogen) atoms. The fourth-order valence-electron chi connectivity index (χ4n) is 5.40. The van der Waals surface area contributed by atoms with Crippen LogP contribution in [0.5, 0.6) is 0 Å². The third-order valence-electron chi connectivity index (χ3n) is 7.21. The van der Waals surface area contributed by atoms with Crippen molar-refractivity contribution in [3.05, 3.63) is 54.1 Å². The maximum Gasteiger partial charge on any atom is 0.253 e. The number of carbonyl (C=O) groups excluding carboxylic acids is 1. The summed E-state index contributed by atoms with van der Waals surface area (Å²) < 4.78 is 2.17. The van der Waals surface area contributed by atoms with Crippen molar-refractivity contribution in [1.29, 1.82) is 0 Å². The Bertz CT molecular complexity index is 1160. The van der Waals surface area contributed by atoms with Gasteiger partial charge in [0.15, 0.2) is 0 Å². The van der Waals surface area contributed by atoms with Gasteiger partial charge in [-0.05, 0) is 89.9 Å². The highest BCUT2D eigenvalue weighted by atomic mass is 16.2. The van der Waals surface area contributed by atoms with Gasteiger partial charge in [-0.1, -0.05) is 0 Å². The van der Waals surface area contributed by atoms with Crippen molar-refractivity contribution in [3.63, 3.8) is 0 Å². The number of hydrogen-bond donors (Lipinski definition) is 1. The van der Waals surface area contributed by atoms with Crippen molar-refractivity contribution in [2.75, 3.05) is 31.5 Å². The number of nitrogens with one attached hydrogen (secondary N) is 1. The molecular weight excluding hydrogens is 438 g/mol. The largest absolute Gasteiger partial charge is 0.339 e. The number of nitrogens with zero attached hydrogens (tertiary/aromatic N) is 6. The first kappa shape index (κ1) is 23.5. The average Bonchev–Trinajstić information content (AvgIpc) is 3.55. The number of piperidine rings is 1. The van der Waals surface area contributed by atoms with Crippen molar-refractivity contribution in [3.8, 4) is 11.4 Å². The smallest absolute Gasteiger partial charge is 0.253 e. The van der Waals surface area contributed by atoms with E-state index in [9.17, 15) is 4.79 Å². The van der Waals surface area contributed by atoms with E-state index in [4.69, 9.17) is 4.98 Å². The summed E-state index contributed by atoms with van der Waals surface area (Å²) in [6.45, 7) is 10.4. The average molecular weight is 474 g/mol. The molecule has 3 aromatic rings. The highest BCUT2D eigenvalue weighted by molar-refractivity contribution is 5.94. The Morgan fingerprint density at radius 3 is 2.40 bits per heavy atom. The Labute approximate surface area is 207 Å². The van der Waals surface area contributed by atoms with Crippen LogP contribution in [-0.4, -0.2) is 67.4 Å². The normalized spacial score (nSPS) is 17.3. The first-order valence-corrected chi connectivity index (χ1v) is 12.8. The number of likely N-dealkylation sites (tertiary alicyclic amines) is 2. The summed E-state index contributed by atoms with van der Waals surface area (Å²) in [5.74, 6) is 1.59. The van der Waals surface area contributed by atoms with Crippen LogP contribution < -0.4 is 5.32 Å². The van der Waals surface area contributed by atoms with Gasteiger partial charge in [-0.3, -0.25) is 4.79 Å². The van der Waals surface area contributed by atoms with Crippen LogP contribution in [0.25, 0.3) is 11.4 Å². The second-order valence-electron chi connectivity index (χ2n) is 9.89. The summed E-state index contributed by atoms with van der Waals surface area (Å²) in [7, 11) is 0. The van der Waals surface area contributed by atoms with Crippen LogP contribution in [0.3, 0.4) is 0 Å². The maximum absolute atomic E-state index is 13.0. The molecule has 1 amide bonds. The van der Waals surface area contributed by atoms with Gasteiger partial charge >= 0.3 is 0 Å². The maximum atomic E-state index is 13.0. The summed E-state index contributed by atoms with van der Waals surface area (Å²) in [6, 6.07) is 10.4. The van der Waals surface area contributed by atoms with E-state index in [1.807, 2.05) is 48.4 Å². The lowest BCUT2D eigenvalue weighted by molar-refractivity contribution is 0.0644. The van der Waals surface area contributed by atoms with Crippen LogP contribution >= 0.6 is 0 Å². The Kier molecular flexibility index (Phi) is 6.81. The lowest BCUT2D eigenvalue weighted by atomic mass is 10.0. The number of imidazole rings is 1. The minimum absolute atomic E-state index is 0.118. The fourth-order valence-corrected chi connectivity index (χ4v) is 5.40. The van der Waals surface area contributed by atoms with Gasteiger partial charge in [0.1, 0.15) is 5.82 Å². The molecule has 2 aromatic heterocycles. The molecule has 0 unspecified atom stereocenters. The minimum atomic E-state index is 0.118. The lowest BCUT2D eigenvalue weighted by Crippen LogP contribution is -2.45. The monoisotopic (exact) mass is 473 g/mol. The summed E-state index contributed by atoms with van der Waals surface area (Å²) in [4.78, 5) is 31.2. The summed E-state index contributed by atoms with van der Waals surface area (Å²) in [5.41, 5.74) is 3.36. The standard InChI is InChI=1S/C27H35N7O/c1-19(2)34-20(3)29-18-25(34)24-10-13-28-27(31-24)30-22-8-6-21(7-9-22)26(35)33-16-11-23(12-17-33)32-14-4-5-15-32/h6-10,13,18-19,23H,4-5,11-12,14-17H2,1-3H3,(H,28,30,31). The number of amides is 1. The van der Waals surface area contributed by atoms with Crippen LogP contribution in [0.2, 0.25) is 0 Å². The van der Waals surface area contributed by atoms with Crippen molar-refractivity contribution in [2.45, 2.75) is 58.5 Å². The van der Waals surface area contributed by atoms with Crippen LogP contribution in [0.1, 0.15) is 61.8 Å². The van der Waals surface area contributed by atoms with E-state index in [2.05, 4.69) is 38.6 Å². The first-order chi connectivity index (χ1) is 17.0. The molecule has 8 heteroatoms. The highest BCUT2D eigenvalue weighted by Crippen LogP contribution is 2.25. The number of carbonyl (C=O) groups is 1. The number of aromatic nitrogens is 4. The van der Waals surface area contributed by atoms with Crippen molar-refractivity contribution >= 4 is 17.5 Å². The molecule has 0 radical (unpaired) electrons. The predicted octanol–water partition coefficient (Wildman–Crippen LogP) is 4.67. The van der Waals surface area contributed by atoms with E-state index in [-0.39, 0.29) is 11.9 Å². The zero-order chi connectivity index (χ0) is 24.4. The molecule has 0 bridgehead atoms. The molecule has 2 aliphatic heterocycles. The Balaban J connectivity index is 1.22.